The molecule has 0 aliphatic heterocycles. The molecule has 1 aliphatic carbocycles. The minimum absolute atomic E-state index is 0.739. The van der Waals surface area contributed by atoms with Crippen molar-refractivity contribution in [3.63, 3.8) is 0 Å². The van der Waals surface area contributed by atoms with E-state index in [0.717, 1.165) is 11.3 Å². The summed E-state index contributed by atoms with van der Waals surface area (Å²) in [6, 6.07) is 0. The smallest absolute Gasteiger partial charge is 0.00180 e. The second-order valence-corrected chi connectivity index (χ2v) is 3.53. The lowest BCUT2D eigenvalue weighted by Crippen LogP contribution is -2.14. The van der Waals surface area contributed by atoms with E-state index in [2.05, 4.69) is 26.2 Å². The van der Waals surface area contributed by atoms with Gasteiger partial charge in [-0.3, -0.25) is 0 Å². The zero-order chi connectivity index (χ0) is 7.61. The minimum Gasteiger partial charge on any atom is -0.319 e. The average molecular weight is 141 g/mol. The quantitative estimate of drug-likeness (QED) is 0.631. The topological polar surface area (TPSA) is 12.0 Å². The van der Waals surface area contributed by atoms with E-state index in [1.165, 1.54) is 25.8 Å². The standard InChI is InChI=1S/C9H19N/c1-4-9(5-2)6-8(9)7-10-3/h8,10H,4-7H2,1-3H3. The van der Waals surface area contributed by atoms with E-state index in [-0.39, 0.29) is 0 Å². The van der Waals surface area contributed by atoms with Crippen molar-refractivity contribution >= 4 is 0 Å². The Hall–Kier alpha value is -0.0400. The maximum Gasteiger partial charge on any atom is -0.00180 e. The summed E-state index contributed by atoms with van der Waals surface area (Å²) in [4.78, 5) is 0. The molecule has 0 aromatic heterocycles. The van der Waals surface area contributed by atoms with Crippen LogP contribution in [0.3, 0.4) is 0 Å². The van der Waals surface area contributed by atoms with E-state index in [9.17, 15) is 0 Å². The molecule has 0 spiro atoms. The van der Waals surface area contributed by atoms with Crippen molar-refractivity contribution in [2.45, 2.75) is 33.1 Å². The number of nitrogens with one attached hydrogen (secondary N) is 1. The van der Waals surface area contributed by atoms with Crippen LogP contribution in [0.1, 0.15) is 33.1 Å². The molecule has 0 amide bonds. The van der Waals surface area contributed by atoms with Gasteiger partial charge in [-0.2, -0.15) is 0 Å². The summed E-state index contributed by atoms with van der Waals surface area (Å²) in [6.07, 6.45) is 4.20. The summed E-state index contributed by atoms with van der Waals surface area (Å²) < 4.78 is 0. The molecule has 0 saturated heterocycles. The first-order valence-corrected chi connectivity index (χ1v) is 4.43. The first-order valence-electron chi connectivity index (χ1n) is 4.43. The van der Waals surface area contributed by atoms with Crippen LogP contribution in [0.15, 0.2) is 0 Å². The third kappa shape index (κ3) is 1.20. The Morgan fingerprint density at radius 1 is 1.40 bits per heavy atom. The lowest BCUT2D eigenvalue weighted by atomic mass is 9.97. The van der Waals surface area contributed by atoms with Gasteiger partial charge < -0.3 is 5.32 Å². The van der Waals surface area contributed by atoms with Gasteiger partial charge in [-0.1, -0.05) is 26.7 Å². The van der Waals surface area contributed by atoms with E-state index in [1.54, 1.807) is 0 Å². The van der Waals surface area contributed by atoms with Gasteiger partial charge in [0.05, 0.1) is 0 Å². The fourth-order valence-corrected chi connectivity index (χ4v) is 2.08. The first kappa shape index (κ1) is 8.06. The SMILES string of the molecule is CCC1(CC)CC1CNC. The Balaban J connectivity index is 2.30. The Kier molecular flexibility index (Phi) is 2.35. The highest BCUT2D eigenvalue weighted by Gasteiger charge is 2.49. The monoisotopic (exact) mass is 141 g/mol. The van der Waals surface area contributed by atoms with Gasteiger partial charge in [0.15, 0.2) is 0 Å². The maximum atomic E-state index is 3.25. The van der Waals surface area contributed by atoms with E-state index < -0.39 is 0 Å². The summed E-state index contributed by atoms with van der Waals surface area (Å²) in [5.74, 6) is 0.979. The van der Waals surface area contributed by atoms with Crippen LogP contribution < -0.4 is 5.32 Å². The van der Waals surface area contributed by atoms with E-state index in [4.69, 9.17) is 0 Å². The predicted octanol–water partition coefficient (Wildman–Crippen LogP) is 2.03. The lowest BCUT2D eigenvalue weighted by molar-refractivity contribution is 0.415. The average Bonchev–Trinajstić information content (AvgIpc) is 2.65. The van der Waals surface area contributed by atoms with Gasteiger partial charge >= 0.3 is 0 Å². The molecule has 60 valence electrons. The highest BCUT2D eigenvalue weighted by Crippen LogP contribution is 2.57. The van der Waals surface area contributed by atoms with Gasteiger partial charge in [-0.15, -0.1) is 0 Å². The molecule has 1 fully saturated rings. The fraction of sp³-hybridized carbons (Fsp3) is 1.00. The van der Waals surface area contributed by atoms with Gasteiger partial charge in [0.25, 0.3) is 0 Å². The van der Waals surface area contributed by atoms with Crippen molar-refractivity contribution in [1.82, 2.24) is 5.32 Å². The predicted molar refractivity (Wildman–Crippen MR) is 45.0 cm³/mol. The van der Waals surface area contributed by atoms with Crippen molar-refractivity contribution in [2.24, 2.45) is 11.3 Å². The Bertz CT molecular complexity index is 105. The molecular formula is C9H19N. The Morgan fingerprint density at radius 3 is 2.30 bits per heavy atom. The highest BCUT2D eigenvalue weighted by molar-refractivity contribution is 5.00. The summed E-state index contributed by atoms with van der Waals surface area (Å²) in [6.45, 7) is 5.86. The minimum atomic E-state index is 0.739. The number of rotatable bonds is 4. The van der Waals surface area contributed by atoms with Crippen LogP contribution in [0, 0.1) is 11.3 Å². The molecule has 1 unspecified atom stereocenters. The molecule has 0 radical (unpaired) electrons. The Morgan fingerprint density at radius 2 is 2.00 bits per heavy atom. The van der Waals surface area contributed by atoms with Crippen molar-refractivity contribution in [3.8, 4) is 0 Å². The third-order valence-electron chi connectivity index (χ3n) is 3.22. The second kappa shape index (κ2) is 2.91. The summed E-state index contributed by atoms with van der Waals surface area (Å²) in [7, 11) is 2.05. The second-order valence-electron chi connectivity index (χ2n) is 3.53. The summed E-state index contributed by atoms with van der Waals surface area (Å²) >= 11 is 0. The molecule has 1 aliphatic rings. The number of hydrogen-bond acceptors (Lipinski definition) is 1. The van der Waals surface area contributed by atoms with Crippen LogP contribution in [0.2, 0.25) is 0 Å². The molecule has 1 N–H and O–H groups in total. The molecule has 1 rings (SSSR count). The normalized spacial score (nSPS) is 28.5. The molecular weight excluding hydrogens is 122 g/mol. The van der Waals surface area contributed by atoms with E-state index >= 15 is 0 Å². The third-order valence-corrected chi connectivity index (χ3v) is 3.22. The van der Waals surface area contributed by atoms with Crippen LogP contribution in [0.4, 0.5) is 0 Å². The highest BCUT2D eigenvalue weighted by atomic mass is 14.8. The van der Waals surface area contributed by atoms with Gasteiger partial charge in [0, 0.05) is 0 Å². The molecule has 1 saturated carbocycles. The molecule has 1 atom stereocenters. The van der Waals surface area contributed by atoms with E-state index in [1.807, 2.05) is 0 Å². The zero-order valence-electron chi connectivity index (χ0n) is 7.41. The lowest BCUT2D eigenvalue weighted by Gasteiger charge is -2.10. The van der Waals surface area contributed by atoms with Crippen LogP contribution in [-0.2, 0) is 0 Å². The van der Waals surface area contributed by atoms with Crippen LogP contribution in [-0.4, -0.2) is 13.6 Å². The van der Waals surface area contributed by atoms with Crippen molar-refractivity contribution in [3.05, 3.63) is 0 Å². The molecule has 0 bridgehead atoms. The van der Waals surface area contributed by atoms with Crippen LogP contribution in [0.25, 0.3) is 0 Å². The summed E-state index contributed by atoms with van der Waals surface area (Å²) in [5, 5.41) is 3.25. The molecule has 1 nitrogen and oxygen atoms in total. The number of hydrogen-bond donors (Lipinski definition) is 1. The van der Waals surface area contributed by atoms with Gasteiger partial charge in [-0.05, 0) is 31.3 Å². The van der Waals surface area contributed by atoms with Crippen molar-refractivity contribution < 1.29 is 0 Å². The molecule has 0 heterocycles. The maximum absolute atomic E-state index is 3.25. The van der Waals surface area contributed by atoms with Gasteiger partial charge in [0.1, 0.15) is 0 Å². The van der Waals surface area contributed by atoms with Crippen molar-refractivity contribution in [2.75, 3.05) is 13.6 Å². The molecule has 10 heavy (non-hydrogen) atoms. The van der Waals surface area contributed by atoms with Crippen LogP contribution in [0.5, 0.6) is 0 Å². The van der Waals surface area contributed by atoms with Crippen LogP contribution >= 0.6 is 0 Å². The fourth-order valence-electron chi connectivity index (χ4n) is 2.08. The zero-order valence-corrected chi connectivity index (χ0v) is 7.41. The largest absolute Gasteiger partial charge is 0.319 e. The molecule has 0 aromatic carbocycles. The summed E-state index contributed by atoms with van der Waals surface area (Å²) in [5.41, 5.74) is 0.739. The van der Waals surface area contributed by atoms with Gasteiger partial charge in [-0.25, -0.2) is 0 Å². The van der Waals surface area contributed by atoms with E-state index in [0.29, 0.717) is 0 Å². The van der Waals surface area contributed by atoms with Crippen molar-refractivity contribution in [1.29, 1.82) is 0 Å². The molecule has 0 aromatic rings. The molecule has 1 heteroatoms. The van der Waals surface area contributed by atoms with Gasteiger partial charge in [0.2, 0.25) is 0 Å². The first-order chi connectivity index (χ1) is 4.79. The Labute approximate surface area is 64.2 Å².